The average Bonchev–Trinajstić information content (AvgIpc) is 3.09. The normalized spacial score (nSPS) is 12.9. The Labute approximate surface area is 124 Å². The van der Waals surface area contributed by atoms with Crippen molar-refractivity contribution < 1.29 is 4.79 Å². The van der Waals surface area contributed by atoms with Gasteiger partial charge in [-0.2, -0.15) is 5.10 Å². The predicted molar refractivity (Wildman–Crippen MR) is 82.4 cm³/mol. The molecule has 0 saturated heterocycles. The number of fused-ring (bicyclic) bond motifs is 1. The number of rotatable bonds is 4. The first-order chi connectivity index (χ1) is 10.2. The number of carbonyl (C=O) groups is 1. The largest absolute Gasteiger partial charge is 0.384 e. The van der Waals surface area contributed by atoms with Gasteiger partial charge < -0.3 is 10.6 Å². The van der Waals surface area contributed by atoms with Gasteiger partial charge in [-0.25, -0.2) is 0 Å². The van der Waals surface area contributed by atoms with E-state index in [1.54, 1.807) is 4.68 Å². The van der Waals surface area contributed by atoms with Crippen molar-refractivity contribution in [2.24, 2.45) is 7.05 Å². The third-order valence-corrected chi connectivity index (χ3v) is 3.85. The summed E-state index contributed by atoms with van der Waals surface area (Å²) in [4.78, 5) is 12.3. The molecule has 1 aliphatic rings. The third kappa shape index (κ3) is 2.77. The zero-order valence-electron chi connectivity index (χ0n) is 12.4. The van der Waals surface area contributed by atoms with E-state index in [0.717, 1.165) is 36.3 Å². The molecule has 3 rings (SSSR count). The Hall–Kier alpha value is -2.30. The van der Waals surface area contributed by atoms with Gasteiger partial charge in [0.25, 0.3) is 5.91 Å². The van der Waals surface area contributed by atoms with Gasteiger partial charge in [0.05, 0.1) is 5.69 Å². The quantitative estimate of drug-likeness (QED) is 0.901. The van der Waals surface area contributed by atoms with E-state index in [4.69, 9.17) is 0 Å². The lowest BCUT2D eigenvalue weighted by atomic mass is 10.1. The standard InChI is InChI=1S/C16H20N4O/c1-3-14-13(10-20(2)19-14)9-18-16(21)12-5-4-11-6-7-17-15(11)8-12/h4-5,8,10,17H,3,6-7,9H2,1-2H3,(H,18,21). The van der Waals surface area contributed by atoms with Crippen molar-refractivity contribution in [2.75, 3.05) is 11.9 Å². The van der Waals surface area contributed by atoms with Gasteiger partial charge >= 0.3 is 0 Å². The lowest BCUT2D eigenvalue weighted by molar-refractivity contribution is 0.0951. The summed E-state index contributed by atoms with van der Waals surface area (Å²) < 4.78 is 1.79. The Morgan fingerprint density at radius 3 is 3.14 bits per heavy atom. The summed E-state index contributed by atoms with van der Waals surface area (Å²) in [5.41, 5.74) is 5.18. The van der Waals surface area contributed by atoms with E-state index >= 15 is 0 Å². The smallest absolute Gasteiger partial charge is 0.251 e. The van der Waals surface area contributed by atoms with Crippen molar-refractivity contribution in [3.05, 3.63) is 46.8 Å². The molecule has 0 fully saturated rings. The van der Waals surface area contributed by atoms with Gasteiger partial charge in [-0.1, -0.05) is 13.0 Å². The second-order valence-corrected chi connectivity index (χ2v) is 5.36. The summed E-state index contributed by atoms with van der Waals surface area (Å²) >= 11 is 0. The molecule has 0 atom stereocenters. The van der Waals surface area contributed by atoms with Crippen LogP contribution in [-0.2, 0) is 26.4 Å². The van der Waals surface area contributed by atoms with Gasteiger partial charge in [0.1, 0.15) is 0 Å². The molecular weight excluding hydrogens is 264 g/mol. The Bertz CT molecular complexity index is 675. The molecule has 1 amide bonds. The van der Waals surface area contributed by atoms with Crippen molar-refractivity contribution in [1.29, 1.82) is 0 Å². The number of amides is 1. The van der Waals surface area contributed by atoms with E-state index in [1.165, 1.54) is 5.56 Å². The van der Waals surface area contributed by atoms with Crippen LogP contribution in [0.15, 0.2) is 24.4 Å². The van der Waals surface area contributed by atoms with Gasteiger partial charge in [-0.15, -0.1) is 0 Å². The van der Waals surface area contributed by atoms with Crippen LogP contribution in [0, 0.1) is 0 Å². The van der Waals surface area contributed by atoms with E-state index in [9.17, 15) is 4.79 Å². The van der Waals surface area contributed by atoms with Crippen LogP contribution >= 0.6 is 0 Å². The number of hydrogen-bond acceptors (Lipinski definition) is 3. The summed E-state index contributed by atoms with van der Waals surface area (Å²) in [5, 5.41) is 10.7. The molecule has 2 aromatic rings. The topological polar surface area (TPSA) is 59.0 Å². The monoisotopic (exact) mass is 284 g/mol. The number of aromatic nitrogens is 2. The van der Waals surface area contributed by atoms with Crippen molar-refractivity contribution >= 4 is 11.6 Å². The molecule has 2 N–H and O–H groups in total. The van der Waals surface area contributed by atoms with E-state index < -0.39 is 0 Å². The first-order valence-electron chi connectivity index (χ1n) is 7.33. The second kappa shape index (κ2) is 5.60. The molecule has 110 valence electrons. The zero-order chi connectivity index (χ0) is 14.8. The molecule has 0 aliphatic carbocycles. The first kappa shape index (κ1) is 13.7. The summed E-state index contributed by atoms with van der Waals surface area (Å²) in [6, 6.07) is 5.86. The van der Waals surface area contributed by atoms with E-state index in [0.29, 0.717) is 12.1 Å². The zero-order valence-corrected chi connectivity index (χ0v) is 12.4. The van der Waals surface area contributed by atoms with Crippen molar-refractivity contribution in [3.63, 3.8) is 0 Å². The lowest BCUT2D eigenvalue weighted by Crippen LogP contribution is -2.23. The van der Waals surface area contributed by atoms with E-state index in [-0.39, 0.29) is 5.91 Å². The molecule has 1 aliphatic heterocycles. The first-order valence-corrected chi connectivity index (χ1v) is 7.33. The number of nitrogens with one attached hydrogen (secondary N) is 2. The molecular formula is C16H20N4O. The fraction of sp³-hybridized carbons (Fsp3) is 0.375. The van der Waals surface area contributed by atoms with Crippen LogP contribution in [0.1, 0.15) is 34.1 Å². The fourth-order valence-electron chi connectivity index (χ4n) is 2.74. The molecule has 0 bridgehead atoms. The predicted octanol–water partition coefficient (Wildman–Crippen LogP) is 1.88. The van der Waals surface area contributed by atoms with Crippen LogP contribution in [-0.4, -0.2) is 22.2 Å². The Balaban J connectivity index is 1.69. The van der Waals surface area contributed by atoms with Gasteiger partial charge in [-0.3, -0.25) is 9.48 Å². The second-order valence-electron chi connectivity index (χ2n) is 5.36. The van der Waals surface area contributed by atoms with E-state index in [2.05, 4.69) is 22.7 Å². The van der Waals surface area contributed by atoms with Crippen LogP contribution in [0.25, 0.3) is 0 Å². The van der Waals surface area contributed by atoms with Gasteiger partial charge in [0.2, 0.25) is 0 Å². The molecule has 0 saturated carbocycles. The maximum atomic E-state index is 12.3. The summed E-state index contributed by atoms with van der Waals surface area (Å²) in [5.74, 6) is -0.0441. The highest BCUT2D eigenvalue weighted by Crippen LogP contribution is 2.23. The number of carbonyl (C=O) groups excluding carboxylic acids is 1. The number of benzene rings is 1. The maximum Gasteiger partial charge on any atom is 0.251 e. The van der Waals surface area contributed by atoms with Crippen LogP contribution in [0.3, 0.4) is 0 Å². The highest BCUT2D eigenvalue weighted by molar-refractivity contribution is 5.95. The van der Waals surface area contributed by atoms with Gasteiger partial charge in [0.15, 0.2) is 0 Å². The minimum absolute atomic E-state index is 0.0441. The maximum absolute atomic E-state index is 12.3. The third-order valence-electron chi connectivity index (χ3n) is 3.85. The highest BCUT2D eigenvalue weighted by Gasteiger charge is 2.14. The van der Waals surface area contributed by atoms with Crippen molar-refractivity contribution in [1.82, 2.24) is 15.1 Å². The molecule has 1 aromatic heterocycles. The molecule has 1 aromatic carbocycles. The lowest BCUT2D eigenvalue weighted by Gasteiger charge is -2.07. The minimum Gasteiger partial charge on any atom is -0.384 e. The fourth-order valence-corrected chi connectivity index (χ4v) is 2.74. The molecule has 5 nitrogen and oxygen atoms in total. The molecule has 21 heavy (non-hydrogen) atoms. The van der Waals surface area contributed by atoms with Crippen LogP contribution in [0.5, 0.6) is 0 Å². The summed E-state index contributed by atoms with van der Waals surface area (Å²) in [7, 11) is 1.90. The molecule has 0 spiro atoms. The highest BCUT2D eigenvalue weighted by atomic mass is 16.1. The molecule has 0 unspecified atom stereocenters. The Morgan fingerprint density at radius 1 is 1.48 bits per heavy atom. The van der Waals surface area contributed by atoms with Crippen LogP contribution in [0.2, 0.25) is 0 Å². The summed E-state index contributed by atoms with van der Waals surface area (Å²) in [6.45, 7) is 3.54. The number of hydrogen-bond donors (Lipinski definition) is 2. The molecule has 0 radical (unpaired) electrons. The SMILES string of the molecule is CCc1nn(C)cc1CNC(=O)c1ccc2c(c1)NCC2. The van der Waals surface area contributed by atoms with Crippen molar-refractivity contribution in [2.45, 2.75) is 26.3 Å². The minimum atomic E-state index is -0.0441. The van der Waals surface area contributed by atoms with Crippen LogP contribution in [0.4, 0.5) is 5.69 Å². The Morgan fingerprint density at radius 2 is 2.33 bits per heavy atom. The molecule has 2 heterocycles. The van der Waals surface area contributed by atoms with Gasteiger partial charge in [0, 0.05) is 43.1 Å². The van der Waals surface area contributed by atoms with Crippen molar-refractivity contribution in [3.8, 4) is 0 Å². The summed E-state index contributed by atoms with van der Waals surface area (Å²) in [6.07, 6.45) is 3.87. The Kier molecular flexibility index (Phi) is 3.64. The van der Waals surface area contributed by atoms with Gasteiger partial charge in [-0.05, 0) is 30.5 Å². The number of aryl methyl sites for hydroxylation is 2. The number of anilines is 1. The molecule has 5 heteroatoms. The average molecular weight is 284 g/mol. The number of nitrogens with zero attached hydrogens (tertiary/aromatic N) is 2. The van der Waals surface area contributed by atoms with E-state index in [1.807, 2.05) is 31.4 Å². The van der Waals surface area contributed by atoms with Crippen LogP contribution < -0.4 is 10.6 Å².